The van der Waals surface area contributed by atoms with Crippen molar-refractivity contribution in [2.75, 3.05) is 13.1 Å². The van der Waals surface area contributed by atoms with Crippen LogP contribution in [0.25, 0.3) is 0 Å². The van der Waals surface area contributed by atoms with Gasteiger partial charge in [0.1, 0.15) is 5.60 Å². The van der Waals surface area contributed by atoms with Crippen LogP contribution in [-0.2, 0) is 10.3 Å². The number of ether oxygens (including phenoxy) is 1. The van der Waals surface area contributed by atoms with Gasteiger partial charge in [0.05, 0.1) is 5.56 Å². The summed E-state index contributed by atoms with van der Waals surface area (Å²) in [6.45, 7) is 4.00. The minimum absolute atomic E-state index is 0.148. The van der Waals surface area contributed by atoms with Crippen molar-refractivity contribution in [1.82, 2.24) is 5.32 Å². The lowest BCUT2D eigenvalue weighted by molar-refractivity contribution is -0.0149. The summed E-state index contributed by atoms with van der Waals surface area (Å²) in [5, 5.41) is 3.37. The Labute approximate surface area is 101 Å². The number of esters is 1. The van der Waals surface area contributed by atoms with E-state index in [1.807, 2.05) is 12.1 Å². The van der Waals surface area contributed by atoms with Crippen molar-refractivity contribution in [2.24, 2.45) is 0 Å². The van der Waals surface area contributed by atoms with Gasteiger partial charge in [-0.15, -0.1) is 0 Å². The van der Waals surface area contributed by atoms with Gasteiger partial charge < -0.3 is 10.1 Å². The second-order valence-electron chi connectivity index (χ2n) is 4.98. The number of fused-ring (bicyclic) bond motifs is 2. The lowest BCUT2D eigenvalue weighted by atomic mass is 9.83. The van der Waals surface area contributed by atoms with Gasteiger partial charge in [0.2, 0.25) is 0 Å². The Morgan fingerprint density at radius 1 is 1.29 bits per heavy atom. The average Bonchev–Trinajstić information content (AvgIpc) is 2.49. The van der Waals surface area contributed by atoms with Crippen molar-refractivity contribution in [1.29, 1.82) is 0 Å². The molecule has 2 aliphatic heterocycles. The van der Waals surface area contributed by atoms with Gasteiger partial charge in [0, 0.05) is 12.0 Å². The van der Waals surface area contributed by atoms with Crippen LogP contribution in [0.3, 0.4) is 0 Å². The minimum Gasteiger partial charge on any atom is -0.450 e. The number of rotatable bonds is 0. The van der Waals surface area contributed by atoms with E-state index < -0.39 is 0 Å². The number of aryl methyl sites for hydroxylation is 1. The maximum absolute atomic E-state index is 12.0. The molecule has 2 aliphatic rings. The van der Waals surface area contributed by atoms with Crippen molar-refractivity contribution >= 4 is 5.97 Å². The Kier molecular flexibility index (Phi) is 2.44. The zero-order valence-electron chi connectivity index (χ0n) is 10.1. The number of hydrogen-bond acceptors (Lipinski definition) is 3. The van der Waals surface area contributed by atoms with Crippen molar-refractivity contribution in [3.8, 4) is 0 Å². The van der Waals surface area contributed by atoms with Crippen LogP contribution >= 0.6 is 0 Å². The van der Waals surface area contributed by atoms with Gasteiger partial charge in [0.25, 0.3) is 0 Å². The van der Waals surface area contributed by atoms with Crippen LogP contribution in [0, 0.1) is 6.92 Å². The molecule has 1 aromatic carbocycles. The smallest absolute Gasteiger partial charge is 0.339 e. The Balaban J connectivity index is 2.13. The normalized spacial score (nSPS) is 27.7. The predicted octanol–water partition coefficient (Wildman–Crippen LogP) is 2.13. The Bertz CT molecular complexity index is 459. The van der Waals surface area contributed by atoms with Gasteiger partial charge in [-0.25, -0.2) is 4.79 Å². The maximum Gasteiger partial charge on any atom is 0.339 e. The molecule has 1 saturated heterocycles. The summed E-state index contributed by atoms with van der Waals surface area (Å²) in [6, 6.07) is 5.89. The molecule has 1 atom stereocenters. The highest BCUT2D eigenvalue weighted by atomic mass is 16.6. The highest BCUT2D eigenvalue weighted by Gasteiger charge is 2.46. The Hall–Kier alpha value is -1.35. The first-order chi connectivity index (χ1) is 8.23. The van der Waals surface area contributed by atoms with Crippen molar-refractivity contribution in [2.45, 2.75) is 31.8 Å². The lowest BCUT2D eigenvalue weighted by Crippen LogP contribution is -2.28. The van der Waals surface area contributed by atoms with Crippen LogP contribution in [0.2, 0.25) is 0 Å². The fourth-order valence-electron chi connectivity index (χ4n) is 3.12. The van der Waals surface area contributed by atoms with Gasteiger partial charge in [-0.05, 0) is 44.5 Å². The lowest BCUT2D eigenvalue weighted by Gasteiger charge is -2.28. The predicted molar refractivity (Wildman–Crippen MR) is 65.0 cm³/mol. The van der Waals surface area contributed by atoms with Gasteiger partial charge in [0.15, 0.2) is 0 Å². The summed E-state index contributed by atoms with van der Waals surface area (Å²) in [6.07, 6.45) is 2.88. The Morgan fingerprint density at radius 2 is 2.18 bits per heavy atom. The third-order valence-electron chi connectivity index (χ3n) is 3.88. The summed E-state index contributed by atoms with van der Waals surface area (Å²) >= 11 is 0. The van der Waals surface area contributed by atoms with E-state index in [4.69, 9.17) is 4.74 Å². The third-order valence-corrected chi connectivity index (χ3v) is 3.88. The number of hydrogen-bond donors (Lipinski definition) is 1. The molecule has 1 unspecified atom stereocenters. The molecule has 3 nitrogen and oxygen atoms in total. The Morgan fingerprint density at radius 3 is 3.06 bits per heavy atom. The first kappa shape index (κ1) is 10.8. The highest BCUT2D eigenvalue weighted by molar-refractivity contribution is 5.95. The van der Waals surface area contributed by atoms with Crippen LogP contribution in [-0.4, -0.2) is 19.1 Å². The summed E-state index contributed by atoms with van der Waals surface area (Å²) in [7, 11) is 0. The topological polar surface area (TPSA) is 38.3 Å². The molecular formula is C14H17NO2. The van der Waals surface area contributed by atoms with E-state index in [1.54, 1.807) is 0 Å². The van der Waals surface area contributed by atoms with Gasteiger partial charge >= 0.3 is 5.97 Å². The highest BCUT2D eigenvalue weighted by Crippen LogP contribution is 2.44. The van der Waals surface area contributed by atoms with Crippen LogP contribution in [0.4, 0.5) is 0 Å². The minimum atomic E-state index is -0.360. The molecule has 17 heavy (non-hydrogen) atoms. The molecule has 0 aromatic heterocycles. The van der Waals surface area contributed by atoms with Gasteiger partial charge in [-0.1, -0.05) is 12.1 Å². The van der Waals surface area contributed by atoms with E-state index in [0.29, 0.717) is 0 Å². The summed E-state index contributed by atoms with van der Waals surface area (Å²) in [5.74, 6) is -0.148. The second-order valence-corrected chi connectivity index (χ2v) is 4.98. The van der Waals surface area contributed by atoms with Crippen LogP contribution in [0.15, 0.2) is 18.2 Å². The van der Waals surface area contributed by atoms with Crippen molar-refractivity contribution < 1.29 is 9.53 Å². The van der Waals surface area contributed by atoms with E-state index in [1.165, 1.54) is 5.56 Å². The van der Waals surface area contributed by atoms with E-state index in [9.17, 15) is 4.79 Å². The van der Waals surface area contributed by atoms with E-state index in [-0.39, 0.29) is 11.6 Å². The standard InChI is InChI=1S/C14H17NO2/c1-10-4-2-5-11-12(10)14(17-13(11)16)6-3-8-15-9-7-14/h2,4-5,15H,3,6-9H2,1H3. The number of carbonyl (C=O) groups excluding carboxylic acids is 1. The van der Waals surface area contributed by atoms with E-state index in [0.717, 1.165) is 43.5 Å². The van der Waals surface area contributed by atoms with Crippen LogP contribution in [0.1, 0.15) is 40.7 Å². The fourth-order valence-corrected chi connectivity index (χ4v) is 3.12. The monoisotopic (exact) mass is 231 g/mol. The van der Waals surface area contributed by atoms with Crippen molar-refractivity contribution in [3.05, 3.63) is 34.9 Å². The van der Waals surface area contributed by atoms with Crippen LogP contribution < -0.4 is 5.32 Å². The molecule has 3 rings (SSSR count). The average molecular weight is 231 g/mol. The molecule has 2 heterocycles. The zero-order chi connectivity index (χ0) is 11.9. The second kappa shape index (κ2) is 3.84. The molecule has 1 spiro atoms. The molecule has 0 bridgehead atoms. The zero-order valence-corrected chi connectivity index (χ0v) is 10.1. The van der Waals surface area contributed by atoms with Crippen LogP contribution in [0.5, 0.6) is 0 Å². The molecule has 1 fully saturated rings. The SMILES string of the molecule is Cc1cccc2c1C1(CCCNCC1)OC2=O. The molecule has 3 heteroatoms. The summed E-state index contributed by atoms with van der Waals surface area (Å²) in [4.78, 5) is 12.0. The van der Waals surface area contributed by atoms with E-state index in [2.05, 4.69) is 18.3 Å². The van der Waals surface area contributed by atoms with E-state index >= 15 is 0 Å². The number of nitrogens with one attached hydrogen (secondary N) is 1. The molecular weight excluding hydrogens is 214 g/mol. The van der Waals surface area contributed by atoms with Gasteiger partial charge in [-0.3, -0.25) is 0 Å². The molecule has 1 aromatic rings. The molecule has 90 valence electrons. The maximum atomic E-state index is 12.0. The molecule has 1 N–H and O–H groups in total. The molecule has 0 radical (unpaired) electrons. The number of carbonyl (C=O) groups is 1. The first-order valence-electron chi connectivity index (χ1n) is 6.27. The molecule has 0 aliphatic carbocycles. The summed E-state index contributed by atoms with van der Waals surface area (Å²) < 4.78 is 5.74. The third kappa shape index (κ3) is 1.57. The van der Waals surface area contributed by atoms with Crippen molar-refractivity contribution in [3.63, 3.8) is 0 Å². The molecule has 0 amide bonds. The fraction of sp³-hybridized carbons (Fsp3) is 0.500. The first-order valence-corrected chi connectivity index (χ1v) is 6.27. The summed E-state index contributed by atoms with van der Waals surface area (Å²) in [5.41, 5.74) is 2.72. The quantitative estimate of drug-likeness (QED) is 0.695. The largest absolute Gasteiger partial charge is 0.450 e. The van der Waals surface area contributed by atoms with Gasteiger partial charge in [-0.2, -0.15) is 0 Å². The molecule has 0 saturated carbocycles. The number of benzene rings is 1.